The molecule has 0 aliphatic carbocycles. The number of carbonyl (C=O) groups is 4. The number of carbonyl (C=O) groups excluding carboxylic acids is 3. The van der Waals surface area contributed by atoms with Crippen molar-refractivity contribution in [2.45, 2.75) is 45.4 Å². The fourth-order valence-electron chi connectivity index (χ4n) is 3.26. The van der Waals surface area contributed by atoms with Crippen LogP contribution in [0.15, 0.2) is 24.3 Å². The summed E-state index contributed by atoms with van der Waals surface area (Å²) in [6.45, 7) is 4.84. The number of rotatable bonds is 9. The Labute approximate surface area is 206 Å². The standard InChI is InChI=1S/C21H29N3O5.C2HF3O2/c1-3-28-19(26)13-29-17-8-10-24(11-9-17)21(27)14(2)12-18(25)15-4-6-16(7-5-15)20(22)23;3-2(4,5)1(6)7/h4-7,14,17H,3,8-13H2,1-2H3,(H3,22,23);(H,6,7)/t14-;/m1./s1. The second-order valence-corrected chi connectivity index (χ2v) is 7.96. The van der Waals surface area contributed by atoms with Gasteiger partial charge in [-0.05, 0) is 19.8 Å². The predicted molar refractivity (Wildman–Crippen MR) is 121 cm³/mol. The van der Waals surface area contributed by atoms with E-state index in [4.69, 9.17) is 30.5 Å². The molecule has 1 aliphatic rings. The molecular formula is C23H30F3N3O7. The van der Waals surface area contributed by atoms with Gasteiger partial charge in [0.05, 0.1) is 12.7 Å². The number of Topliss-reactive ketones (excluding diaryl/α,β-unsaturated/α-hetero) is 1. The van der Waals surface area contributed by atoms with Gasteiger partial charge in [-0.3, -0.25) is 15.0 Å². The molecule has 0 saturated carbocycles. The predicted octanol–water partition coefficient (Wildman–Crippen LogP) is 2.38. The Morgan fingerprint density at radius 3 is 2.08 bits per heavy atom. The first-order valence-corrected chi connectivity index (χ1v) is 11.1. The molecule has 0 radical (unpaired) electrons. The number of ether oxygens (including phenoxy) is 2. The molecule has 10 nitrogen and oxygen atoms in total. The lowest BCUT2D eigenvalue weighted by molar-refractivity contribution is -0.192. The molecule has 1 atom stereocenters. The molecule has 2 rings (SSSR count). The Hall–Kier alpha value is -3.48. The van der Waals surface area contributed by atoms with Crippen LogP contribution in [0.1, 0.15) is 49.0 Å². The number of nitrogen functional groups attached to an aromatic ring is 1. The number of nitrogens with one attached hydrogen (secondary N) is 1. The molecule has 1 fully saturated rings. The molecule has 0 unspecified atom stereocenters. The number of halogens is 3. The summed E-state index contributed by atoms with van der Waals surface area (Å²) < 4.78 is 42.1. The molecule has 1 aromatic rings. The minimum absolute atomic E-state index is 0.0532. The van der Waals surface area contributed by atoms with Crippen LogP contribution in [0.2, 0.25) is 0 Å². The summed E-state index contributed by atoms with van der Waals surface area (Å²) in [5, 5.41) is 14.5. The number of ketones is 1. The number of hydrogen-bond donors (Lipinski definition) is 3. The highest BCUT2D eigenvalue weighted by Crippen LogP contribution is 2.19. The van der Waals surface area contributed by atoms with Crippen LogP contribution in [0.3, 0.4) is 0 Å². The first kappa shape index (κ1) is 30.6. The van der Waals surface area contributed by atoms with Crippen molar-refractivity contribution in [1.29, 1.82) is 5.41 Å². The highest BCUT2D eigenvalue weighted by atomic mass is 19.4. The lowest BCUT2D eigenvalue weighted by Crippen LogP contribution is -2.43. The highest BCUT2D eigenvalue weighted by molar-refractivity contribution is 6.00. The zero-order valence-electron chi connectivity index (χ0n) is 20.0. The minimum Gasteiger partial charge on any atom is -0.475 e. The maximum absolute atomic E-state index is 12.7. The van der Waals surface area contributed by atoms with Crippen molar-refractivity contribution in [3.05, 3.63) is 35.4 Å². The normalized spacial score (nSPS) is 14.8. The number of esters is 1. The molecular weight excluding hydrogens is 487 g/mol. The molecule has 1 aliphatic heterocycles. The number of hydrogen-bond acceptors (Lipinski definition) is 7. The lowest BCUT2D eigenvalue weighted by Gasteiger charge is -2.33. The number of amidine groups is 1. The van der Waals surface area contributed by atoms with E-state index in [1.54, 1.807) is 43.0 Å². The largest absolute Gasteiger partial charge is 0.490 e. The van der Waals surface area contributed by atoms with Gasteiger partial charge in [0.25, 0.3) is 0 Å². The van der Waals surface area contributed by atoms with E-state index in [-0.39, 0.29) is 42.6 Å². The maximum atomic E-state index is 12.7. The van der Waals surface area contributed by atoms with E-state index in [2.05, 4.69) is 0 Å². The molecule has 1 saturated heterocycles. The number of carboxylic acids is 1. The van der Waals surface area contributed by atoms with Crippen molar-refractivity contribution >= 4 is 29.5 Å². The number of alkyl halides is 3. The van der Waals surface area contributed by atoms with Crippen LogP contribution in [0.25, 0.3) is 0 Å². The number of aliphatic carboxylic acids is 1. The van der Waals surface area contributed by atoms with Crippen molar-refractivity contribution in [3.63, 3.8) is 0 Å². The average molecular weight is 518 g/mol. The van der Waals surface area contributed by atoms with Gasteiger partial charge in [0.15, 0.2) is 5.78 Å². The third-order valence-electron chi connectivity index (χ3n) is 5.17. The molecule has 13 heteroatoms. The van der Waals surface area contributed by atoms with Crippen molar-refractivity contribution in [3.8, 4) is 0 Å². The van der Waals surface area contributed by atoms with E-state index in [1.807, 2.05) is 0 Å². The third-order valence-corrected chi connectivity index (χ3v) is 5.17. The molecule has 0 spiro atoms. The second-order valence-electron chi connectivity index (χ2n) is 7.96. The van der Waals surface area contributed by atoms with Gasteiger partial charge in [-0.15, -0.1) is 0 Å². The smallest absolute Gasteiger partial charge is 0.475 e. The van der Waals surface area contributed by atoms with Gasteiger partial charge >= 0.3 is 18.1 Å². The Morgan fingerprint density at radius 2 is 1.64 bits per heavy atom. The highest BCUT2D eigenvalue weighted by Gasteiger charge is 2.38. The summed E-state index contributed by atoms with van der Waals surface area (Å²) in [7, 11) is 0. The van der Waals surface area contributed by atoms with Crippen LogP contribution in [-0.2, 0) is 23.9 Å². The maximum Gasteiger partial charge on any atom is 0.490 e. The number of carboxylic acid groups (broad SMARTS) is 1. The summed E-state index contributed by atoms with van der Waals surface area (Å²) in [5.41, 5.74) is 6.47. The fraction of sp³-hybridized carbons (Fsp3) is 0.522. The third kappa shape index (κ3) is 10.4. The van der Waals surface area contributed by atoms with Crippen LogP contribution in [0.4, 0.5) is 13.2 Å². The van der Waals surface area contributed by atoms with Gasteiger partial charge in [0.1, 0.15) is 12.4 Å². The van der Waals surface area contributed by atoms with E-state index in [1.165, 1.54) is 0 Å². The molecule has 0 aromatic heterocycles. The van der Waals surface area contributed by atoms with Gasteiger partial charge in [-0.2, -0.15) is 13.2 Å². The van der Waals surface area contributed by atoms with Crippen molar-refractivity contribution in [1.82, 2.24) is 4.90 Å². The number of likely N-dealkylation sites (tertiary alicyclic amines) is 1. The van der Waals surface area contributed by atoms with Gasteiger partial charge in [0.2, 0.25) is 5.91 Å². The number of benzene rings is 1. The zero-order valence-corrected chi connectivity index (χ0v) is 20.0. The zero-order chi connectivity index (χ0) is 27.5. The number of nitrogens with zero attached hydrogens (tertiary/aromatic N) is 1. The minimum atomic E-state index is -5.08. The van der Waals surface area contributed by atoms with Crippen LogP contribution >= 0.6 is 0 Å². The van der Waals surface area contributed by atoms with Crippen LogP contribution in [-0.4, -0.2) is 78.1 Å². The molecule has 1 heterocycles. The number of amides is 1. The summed E-state index contributed by atoms with van der Waals surface area (Å²) in [6, 6.07) is 6.51. The summed E-state index contributed by atoms with van der Waals surface area (Å²) in [6.07, 6.45) is -3.73. The number of piperidine rings is 1. The molecule has 36 heavy (non-hydrogen) atoms. The SMILES string of the molecule is CCOC(=O)COC1CCN(C(=O)[C@H](C)CC(=O)c2ccc(C(=N)N)cc2)CC1.O=C(O)C(F)(F)F. The van der Waals surface area contributed by atoms with E-state index >= 15 is 0 Å². The second kappa shape index (κ2) is 14.2. The molecule has 200 valence electrons. The first-order valence-electron chi connectivity index (χ1n) is 11.1. The lowest BCUT2D eigenvalue weighted by atomic mass is 9.96. The first-order chi connectivity index (χ1) is 16.8. The Morgan fingerprint density at radius 1 is 1.14 bits per heavy atom. The van der Waals surface area contributed by atoms with Gasteiger partial charge in [-0.25, -0.2) is 9.59 Å². The Balaban J connectivity index is 0.000000809. The summed E-state index contributed by atoms with van der Waals surface area (Å²) in [4.78, 5) is 47.1. The summed E-state index contributed by atoms with van der Waals surface area (Å²) >= 11 is 0. The van der Waals surface area contributed by atoms with E-state index in [0.29, 0.717) is 43.7 Å². The Bertz CT molecular complexity index is 928. The molecule has 4 N–H and O–H groups in total. The Kier molecular flexibility index (Phi) is 12.0. The van der Waals surface area contributed by atoms with Gasteiger partial charge in [0, 0.05) is 36.6 Å². The molecule has 0 bridgehead atoms. The van der Waals surface area contributed by atoms with Gasteiger partial charge in [-0.1, -0.05) is 31.2 Å². The molecule has 1 amide bonds. The van der Waals surface area contributed by atoms with Crippen molar-refractivity contribution < 1.29 is 46.9 Å². The van der Waals surface area contributed by atoms with Crippen molar-refractivity contribution in [2.24, 2.45) is 11.7 Å². The average Bonchev–Trinajstić information content (AvgIpc) is 2.82. The van der Waals surface area contributed by atoms with Gasteiger partial charge < -0.3 is 25.2 Å². The van der Waals surface area contributed by atoms with Crippen LogP contribution in [0.5, 0.6) is 0 Å². The summed E-state index contributed by atoms with van der Waals surface area (Å²) in [5.74, 6) is -3.78. The molecule has 1 aromatic carbocycles. The van der Waals surface area contributed by atoms with Crippen molar-refractivity contribution in [2.75, 3.05) is 26.3 Å². The van der Waals surface area contributed by atoms with E-state index < -0.39 is 18.1 Å². The van der Waals surface area contributed by atoms with E-state index in [0.717, 1.165) is 0 Å². The van der Waals surface area contributed by atoms with E-state index in [9.17, 15) is 27.6 Å². The monoisotopic (exact) mass is 517 g/mol. The number of nitrogens with two attached hydrogens (primary N) is 1. The topological polar surface area (TPSA) is 160 Å². The quantitative estimate of drug-likeness (QED) is 0.195. The van der Waals surface area contributed by atoms with Crippen LogP contribution < -0.4 is 5.73 Å². The van der Waals surface area contributed by atoms with Crippen LogP contribution in [0, 0.1) is 11.3 Å². The fourth-order valence-corrected chi connectivity index (χ4v) is 3.26.